The summed E-state index contributed by atoms with van der Waals surface area (Å²) in [5, 5.41) is 3.32. The summed E-state index contributed by atoms with van der Waals surface area (Å²) in [6, 6.07) is 12.9. The van der Waals surface area contributed by atoms with Crippen molar-refractivity contribution in [2.45, 2.75) is 6.92 Å². The molecular formula is C26H31N5O5. The van der Waals surface area contributed by atoms with E-state index in [2.05, 4.69) is 15.2 Å². The molecule has 0 radical (unpaired) electrons. The molecule has 1 N–H and O–H groups in total. The summed E-state index contributed by atoms with van der Waals surface area (Å²) in [6.07, 6.45) is 0. The zero-order valence-corrected chi connectivity index (χ0v) is 21.2. The highest BCUT2D eigenvalue weighted by Gasteiger charge is 2.26. The van der Waals surface area contributed by atoms with Crippen molar-refractivity contribution in [3.8, 4) is 23.0 Å². The summed E-state index contributed by atoms with van der Waals surface area (Å²) in [6.45, 7) is 4.24. The molecule has 2 aromatic carbocycles. The molecule has 190 valence electrons. The number of hydrogen-bond acceptors (Lipinski definition) is 9. The molecule has 1 aromatic heterocycles. The van der Waals surface area contributed by atoms with Crippen molar-refractivity contribution in [3.05, 3.63) is 53.7 Å². The van der Waals surface area contributed by atoms with Gasteiger partial charge in [0, 0.05) is 49.2 Å². The Bertz CT molecular complexity index is 1180. The Labute approximate surface area is 210 Å². The number of nitrogens with zero attached hydrogens (tertiary/aromatic N) is 4. The van der Waals surface area contributed by atoms with Crippen LogP contribution in [0.25, 0.3) is 0 Å². The van der Waals surface area contributed by atoms with Crippen molar-refractivity contribution in [2.75, 3.05) is 64.8 Å². The van der Waals surface area contributed by atoms with E-state index in [9.17, 15) is 4.79 Å². The van der Waals surface area contributed by atoms with Crippen LogP contribution in [0.5, 0.6) is 23.0 Å². The Kier molecular flexibility index (Phi) is 7.62. The summed E-state index contributed by atoms with van der Waals surface area (Å²) in [7, 11) is 6.24. The maximum absolute atomic E-state index is 13.2. The van der Waals surface area contributed by atoms with Crippen molar-refractivity contribution in [2.24, 2.45) is 0 Å². The monoisotopic (exact) mass is 493 g/mol. The number of piperazine rings is 1. The number of anilines is 3. The molecule has 1 saturated heterocycles. The fourth-order valence-corrected chi connectivity index (χ4v) is 4.08. The molecule has 3 aromatic rings. The van der Waals surface area contributed by atoms with E-state index >= 15 is 0 Å². The van der Waals surface area contributed by atoms with Crippen molar-refractivity contribution in [3.63, 3.8) is 0 Å². The minimum Gasteiger partial charge on any atom is -0.497 e. The van der Waals surface area contributed by atoms with E-state index in [-0.39, 0.29) is 5.91 Å². The fourth-order valence-electron chi connectivity index (χ4n) is 4.08. The average Bonchev–Trinajstić information content (AvgIpc) is 2.92. The lowest BCUT2D eigenvalue weighted by Gasteiger charge is -2.35. The quantitative estimate of drug-likeness (QED) is 0.505. The Morgan fingerprint density at radius 2 is 1.47 bits per heavy atom. The van der Waals surface area contributed by atoms with Crippen LogP contribution in [0, 0.1) is 6.92 Å². The maximum atomic E-state index is 13.2. The third-order valence-electron chi connectivity index (χ3n) is 5.97. The van der Waals surface area contributed by atoms with Gasteiger partial charge < -0.3 is 34.1 Å². The largest absolute Gasteiger partial charge is 0.497 e. The number of methoxy groups -OCH3 is 4. The summed E-state index contributed by atoms with van der Waals surface area (Å²) in [5.74, 6) is 3.38. The summed E-state index contributed by atoms with van der Waals surface area (Å²) in [5.41, 5.74) is 2.24. The van der Waals surface area contributed by atoms with E-state index in [0.29, 0.717) is 60.8 Å². The topological polar surface area (TPSA) is 98.3 Å². The molecule has 0 unspecified atom stereocenters. The molecule has 10 heteroatoms. The van der Waals surface area contributed by atoms with E-state index in [1.165, 1.54) is 21.3 Å². The highest BCUT2D eigenvalue weighted by molar-refractivity contribution is 5.95. The van der Waals surface area contributed by atoms with Crippen molar-refractivity contribution in [1.29, 1.82) is 0 Å². The Morgan fingerprint density at radius 1 is 0.833 bits per heavy atom. The van der Waals surface area contributed by atoms with Gasteiger partial charge in [0.15, 0.2) is 11.5 Å². The first-order valence-corrected chi connectivity index (χ1v) is 11.6. The smallest absolute Gasteiger partial charge is 0.254 e. The molecule has 4 rings (SSSR count). The zero-order chi connectivity index (χ0) is 25.7. The number of nitrogens with one attached hydrogen (secondary N) is 1. The molecule has 10 nitrogen and oxygen atoms in total. The van der Waals surface area contributed by atoms with Crippen LogP contribution in [0.1, 0.15) is 16.1 Å². The number of aromatic nitrogens is 2. The van der Waals surface area contributed by atoms with E-state index in [4.69, 9.17) is 23.9 Å². The minimum absolute atomic E-state index is 0.0964. The van der Waals surface area contributed by atoms with Crippen LogP contribution in [-0.2, 0) is 0 Å². The molecule has 36 heavy (non-hydrogen) atoms. The van der Waals surface area contributed by atoms with Gasteiger partial charge in [-0.3, -0.25) is 4.79 Å². The van der Waals surface area contributed by atoms with Crippen molar-refractivity contribution < 1.29 is 23.7 Å². The fraction of sp³-hybridized carbons (Fsp3) is 0.346. The lowest BCUT2D eigenvalue weighted by molar-refractivity contribution is 0.0745. The minimum atomic E-state index is -0.0964. The predicted octanol–water partition coefficient (Wildman–Crippen LogP) is 3.53. The molecule has 0 bridgehead atoms. The van der Waals surface area contributed by atoms with Gasteiger partial charge in [-0.25, -0.2) is 4.98 Å². The van der Waals surface area contributed by atoms with Gasteiger partial charge in [0.25, 0.3) is 5.91 Å². The van der Waals surface area contributed by atoms with E-state index < -0.39 is 0 Å². The first-order valence-electron chi connectivity index (χ1n) is 11.6. The zero-order valence-electron chi connectivity index (χ0n) is 21.2. The first kappa shape index (κ1) is 24.9. The van der Waals surface area contributed by atoms with Crippen molar-refractivity contribution >= 4 is 23.4 Å². The highest BCUT2D eigenvalue weighted by atomic mass is 16.5. The molecule has 1 aliphatic rings. The number of aryl methyl sites for hydroxylation is 1. The van der Waals surface area contributed by atoms with Crippen LogP contribution in [0.3, 0.4) is 0 Å². The van der Waals surface area contributed by atoms with Crippen molar-refractivity contribution in [1.82, 2.24) is 14.9 Å². The molecule has 2 heterocycles. The van der Waals surface area contributed by atoms with Gasteiger partial charge in [0.2, 0.25) is 11.7 Å². The molecule has 0 aliphatic carbocycles. The summed E-state index contributed by atoms with van der Waals surface area (Å²) in [4.78, 5) is 26.5. The van der Waals surface area contributed by atoms with Gasteiger partial charge in [-0.15, -0.1) is 0 Å². The van der Waals surface area contributed by atoms with Crippen LogP contribution in [-0.4, -0.2) is 75.4 Å². The first-order chi connectivity index (χ1) is 17.4. The SMILES string of the molecule is COc1ccc(Nc2cc(C)nc(N3CCN(C(=O)c4cc(OC)c(OC)c(OC)c4)CC3)n2)cc1. The Morgan fingerprint density at radius 3 is 2.03 bits per heavy atom. The molecule has 0 atom stereocenters. The second-order valence-electron chi connectivity index (χ2n) is 8.24. The Balaban J connectivity index is 1.45. The third-order valence-corrected chi connectivity index (χ3v) is 5.97. The number of benzene rings is 2. The number of rotatable bonds is 8. The number of ether oxygens (including phenoxy) is 4. The predicted molar refractivity (Wildman–Crippen MR) is 137 cm³/mol. The molecule has 0 spiro atoms. The Hall–Kier alpha value is -4.21. The van der Waals surface area contributed by atoms with Gasteiger partial charge in [-0.05, 0) is 43.3 Å². The molecule has 1 fully saturated rings. The molecule has 0 saturated carbocycles. The lowest BCUT2D eigenvalue weighted by Crippen LogP contribution is -2.49. The number of carbonyl (C=O) groups excluding carboxylic acids is 1. The van der Waals surface area contributed by atoms with Gasteiger partial charge in [0.05, 0.1) is 28.4 Å². The van der Waals surface area contributed by atoms with Crippen LogP contribution in [0.4, 0.5) is 17.5 Å². The lowest BCUT2D eigenvalue weighted by atomic mass is 10.1. The number of hydrogen-bond donors (Lipinski definition) is 1. The van der Waals surface area contributed by atoms with E-state index in [0.717, 1.165) is 17.1 Å². The van der Waals surface area contributed by atoms with E-state index in [1.54, 1.807) is 19.2 Å². The third kappa shape index (κ3) is 5.37. The average molecular weight is 494 g/mol. The number of carbonyl (C=O) groups is 1. The van der Waals surface area contributed by atoms with Gasteiger partial charge in [-0.1, -0.05) is 0 Å². The number of amides is 1. The standard InChI is InChI=1S/C26H31N5O5/c1-17-14-23(28-19-6-8-20(33-2)9-7-19)29-26(27-17)31-12-10-30(11-13-31)25(32)18-15-21(34-3)24(36-5)22(16-18)35-4/h6-9,14-16H,10-13H2,1-5H3,(H,27,28,29). The highest BCUT2D eigenvalue weighted by Crippen LogP contribution is 2.38. The van der Waals surface area contributed by atoms with Crippen LogP contribution in [0.2, 0.25) is 0 Å². The molecule has 1 amide bonds. The maximum Gasteiger partial charge on any atom is 0.254 e. The van der Waals surface area contributed by atoms with Gasteiger partial charge in [0.1, 0.15) is 11.6 Å². The molecule has 1 aliphatic heterocycles. The normalized spacial score (nSPS) is 13.2. The second kappa shape index (κ2) is 11.0. The van der Waals surface area contributed by atoms with Crippen LogP contribution >= 0.6 is 0 Å². The summed E-state index contributed by atoms with van der Waals surface area (Å²) < 4.78 is 21.4. The van der Waals surface area contributed by atoms with E-state index in [1.807, 2.05) is 42.2 Å². The molecular weight excluding hydrogens is 462 g/mol. The van der Waals surface area contributed by atoms with Crippen LogP contribution < -0.4 is 29.2 Å². The summed E-state index contributed by atoms with van der Waals surface area (Å²) >= 11 is 0. The van der Waals surface area contributed by atoms with Gasteiger partial charge in [-0.2, -0.15) is 4.98 Å². The second-order valence-corrected chi connectivity index (χ2v) is 8.24. The van der Waals surface area contributed by atoms with Gasteiger partial charge >= 0.3 is 0 Å². The van der Waals surface area contributed by atoms with Crippen LogP contribution in [0.15, 0.2) is 42.5 Å².